The van der Waals surface area contributed by atoms with E-state index in [4.69, 9.17) is 5.11 Å². The zero-order valence-electron chi connectivity index (χ0n) is 11.6. The average Bonchev–Trinajstić information content (AvgIpc) is 2.94. The fourth-order valence-electron chi connectivity index (χ4n) is 2.01. The molecular formula is C15H13N3O2S2. The van der Waals surface area contributed by atoms with Gasteiger partial charge < -0.3 is 5.11 Å². The summed E-state index contributed by atoms with van der Waals surface area (Å²) in [6.45, 7) is 0. The van der Waals surface area contributed by atoms with Crippen molar-refractivity contribution in [3.8, 4) is 0 Å². The molecule has 0 aliphatic rings. The zero-order valence-corrected chi connectivity index (χ0v) is 13.2. The first-order chi connectivity index (χ1) is 10.7. The number of aryl methyl sites for hydroxylation is 1. The van der Waals surface area contributed by atoms with Gasteiger partial charge in [-0.1, -0.05) is 29.2 Å². The van der Waals surface area contributed by atoms with Crippen molar-refractivity contribution in [1.29, 1.82) is 0 Å². The van der Waals surface area contributed by atoms with Gasteiger partial charge in [0.1, 0.15) is 10.3 Å². The van der Waals surface area contributed by atoms with Gasteiger partial charge in [-0.05, 0) is 30.2 Å². The van der Waals surface area contributed by atoms with Crippen LogP contribution in [0, 0.1) is 0 Å². The van der Waals surface area contributed by atoms with Gasteiger partial charge in [0.15, 0.2) is 4.34 Å². The Morgan fingerprint density at radius 1 is 1.23 bits per heavy atom. The van der Waals surface area contributed by atoms with E-state index in [1.54, 1.807) is 35.5 Å². The number of carbonyl (C=O) groups is 1. The van der Waals surface area contributed by atoms with Crippen LogP contribution in [0.1, 0.15) is 17.7 Å². The number of carboxylic acids is 1. The largest absolute Gasteiger partial charge is 0.481 e. The molecule has 0 aliphatic carbocycles. The Labute approximate surface area is 135 Å². The highest BCUT2D eigenvalue weighted by molar-refractivity contribution is 8.00. The van der Waals surface area contributed by atoms with E-state index in [9.17, 15) is 4.79 Å². The molecule has 0 aliphatic heterocycles. The van der Waals surface area contributed by atoms with E-state index < -0.39 is 5.97 Å². The van der Waals surface area contributed by atoms with Gasteiger partial charge in [0.2, 0.25) is 0 Å². The number of thiazole rings is 1. The van der Waals surface area contributed by atoms with E-state index in [1.165, 1.54) is 0 Å². The molecule has 1 N–H and O–H groups in total. The molecule has 0 atom stereocenters. The molecule has 0 radical (unpaired) electrons. The number of thioether (sulfide) groups is 1. The normalized spacial score (nSPS) is 10.9. The summed E-state index contributed by atoms with van der Waals surface area (Å²) in [5, 5.41) is 8.81. The highest BCUT2D eigenvalue weighted by Gasteiger charge is 2.09. The third kappa shape index (κ3) is 3.61. The minimum absolute atomic E-state index is 0.119. The zero-order chi connectivity index (χ0) is 15.4. The van der Waals surface area contributed by atoms with E-state index in [0.717, 1.165) is 25.9 Å². The molecule has 0 spiro atoms. The number of carboxylic acid groups (broad SMARTS) is 1. The summed E-state index contributed by atoms with van der Waals surface area (Å²) in [5.74, 6) is -0.116. The minimum Gasteiger partial charge on any atom is -0.481 e. The Hall–Kier alpha value is -1.99. The van der Waals surface area contributed by atoms with Crippen LogP contribution >= 0.6 is 23.1 Å². The first-order valence-electron chi connectivity index (χ1n) is 6.71. The van der Waals surface area contributed by atoms with E-state index in [1.807, 2.05) is 24.3 Å². The maximum absolute atomic E-state index is 10.7. The Morgan fingerprint density at radius 2 is 2.05 bits per heavy atom. The van der Waals surface area contributed by atoms with Crippen molar-refractivity contribution in [3.63, 3.8) is 0 Å². The van der Waals surface area contributed by atoms with Crippen molar-refractivity contribution >= 4 is 39.4 Å². The molecule has 0 aromatic carbocycles. The van der Waals surface area contributed by atoms with Crippen LogP contribution < -0.4 is 0 Å². The van der Waals surface area contributed by atoms with Crippen molar-refractivity contribution < 1.29 is 9.90 Å². The fraction of sp³-hybridized carbons (Fsp3) is 0.200. The molecule has 3 aromatic heterocycles. The number of aliphatic carboxylic acids is 1. The lowest BCUT2D eigenvalue weighted by Crippen LogP contribution is -2.01. The molecule has 22 heavy (non-hydrogen) atoms. The van der Waals surface area contributed by atoms with Gasteiger partial charge >= 0.3 is 5.97 Å². The highest BCUT2D eigenvalue weighted by Crippen LogP contribution is 2.30. The second-order valence-corrected chi connectivity index (χ2v) is 6.80. The summed E-state index contributed by atoms with van der Waals surface area (Å²) < 4.78 is 0.948. The van der Waals surface area contributed by atoms with Gasteiger partial charge in [-0.2, -0.15) is 0 Å². The van der Waals surface area contributed by atoms with E-state index in [0.29, 0.717) is 12.2 Å². The second-order valence-electron chi connectivity index (χ2n) is 4.60. The number of hydrogen-bond donors (Lipinski definition) is 1. The molecule has 3 heterocycles. The number of hydrogen-bond acceptors (Lipinski definition) is 6. The predicted molar refractivity (Wildman–Crippen MR) is 87.2 cm³/mol. The van der Waals surface area contributed by atoms with Gasteiger partial charge in [0.05, 0.1) is 5.69 Å². The number of pyridine rings is 2. The van der Waals surface area contributed by atoms with Crippen molar-refractivity contribution in [2.45, 2.75) is 22.9 Å². The number of aromatic nitrogens is 3. The third-order valence-electron chi connectivity index (χ3n) is 3.07. The highest BCUT2D eigenvalue weighted by atomic mass is 32.2. The van der Waals surface area contributed by atoms with Crippen LogP contribution in [0.25, 0.3) is 10.3 Å². The molecule has 5 nitrogen and oxygen atoms in total. The first-order valence-corrected chi connectivity index (χ1v) is 8.51. The van der Waals surface area contributed by atoms with Crippen LogP contribution in [0.4, 0.5) is 0 Å². The standard InChI is InChI=1S/C15H13N3O2S2/c19-13(20)6-5-10-3-1-7-16-12(10)9-21-15-18-11-4-2-8-17-14(11)22-15/h1-4,7-8H,5-6,9H2,(H,19,20). The lowest BCUT2D eigenvalue weighted by atomic mass is 10.1. The van der Waals surface area contributed by atoms with Crippen LogP contribution in [0.3, 0.4) is 0 Å². The molecule has 112 valence electrons. The lowest BCUT2D eigenvalue weighted by molar-refractivity contribution is -0.136. The van der Waals surface area contributed by atoms with Crippen LogP contribution in [-0.4, -0.2) is 26.0 Å². The Balaban J connectivity index is 1.71. The SMILES string of the molecule is O=C(O)CCc1cccnc1CSc1nc2cccnc2s1. The van der Waals surface area contributed by atoms with Crippen LogP contribution in [0.2, 0.25) is 0 Å². The average molecular weight is 331 g/mol. The van der Waals surface area contributed by atoms with Crippen LogP contribution in [-0.2, 0) is 17.0 Å². The molecule has 3 aromatic rings. The maximum atomic E-state index is 10.7. The first kappa shape index (κ1) is 14.9. The summed E-state index contributed by atoms with van der Waals surface area (Å²) in [6.07, 6.45) is 4.12. The number of fused-ring (bicyclic) bond motifs is 1. The monoisotopic (exact) mass is 331 g/mol. The van der Waals surface area contributed by atoms with Crippen LogP contribution in [0.15, 0.2) is 41.0 Å². The van der Waals surface area contributed by atoms with E-state index in [-0.39, 0.29) is 6.42 Å². The molecule has 7 heteroatoms. The third-order valence-corrected chi connectivity index (χ3v) is 5.21. The summed E-state index contributed by atoms with van der Waals surface area (Å²) >= 11 is 3.16. The van der Waals surface area contributed by atoms with Crippen molar-refractivity contribution in [1.82, 2.24) is 15.0 Å². The number of nitrogens with zero attached hydrogens (tertiary/aromatic N) is 3. The molecular weight excluding hydrogens is 318 g/mol. The van der Waals surface area contributed by atoms with Gasteiger partial charge in [-0.15, -0.1) is 0 Å². The minimum atomic E-state index is -0.792. The number of rotatable bonds is 6. The summed E-state index contributed by atoms with van der Waals surface area (Å²) in [7, 11) is 0. The van der Waals surface area contributed by atoms with Crippen LogP contribution in [0.5, 0.6) is 0 Å². The quantitative estimate of drug-likeness (QED) is 0.698. The molecule has 0 saturated carbocycles. The van der Waals surface area contributed by atoms with E-state index >= 15 is 0 Å². The molecule has 0 amide bonds. The van der Waals surface area contributed by atoms with Crippen molar-refractivity contribution in [3.05, 3.63) is 47.9 Å². The van der Waals surface area contributed by atoms with Crippen molar-refractivity contribution in [2.24, 2.45) is 0 Å². The summed E-state index contributed by atoms with van der Waals surface area (Å²) in [5.41, 5.74) is 2.81. The van der Waals surface area contributed by atoms with Gasteiger partial charge in [0.25, 0.3) is 0 Å². The fourth-order valence-corrected chi connectivity index (χ4v) is 3.99. The Morgan fingerprint density at radius 3 is 2.86 bits per heavy atom. The summed E-state index contributed by atoms with van der Waals surface area (Å²) in [4.78, 5) is 24.8. The molecule has 0 bridgehead atoms. The molecule has 3 rings (SSSR count). The van der Waals surface area contributed by atoms with Crippen molar-refractivity contribution in [2.75, 3.05) is 0 Å². The Bertz CT molecular complexity index is 771. The van der Waals surface area contributed by atoms with Gasteiger partial charge in [-0.25, -0.2) is 9.97 Å². The molecule has 0 unspecified atom stereocenters. The smallest absolute Gasteiger partial charge is 0.303 e. The van der Waals surface area contributed by atoms with Gasteiger partial charge in [-0.3, -0.25) is 9.78 Å². The molecule has 0 saturated heterocycles. The second kappa shape index (κ2) is 6.85. The maximum Gasteiger partial charge on any atom is 0.303 e. The van der Waals surface area contributed by atoms with Gasteiger partial charge in [0, 0.05) is 24.6 Å². The van der Waals surface area contributed by atoms with E-state index in [2.05, 4.69) is 15.0 Å². The molecule has 0 fully saturated rings. The lowest BCUT2D eigenvalue weighted by Gasteiger charge is -2.05. The topological polar surface area (TPSA) is 76.0 Å². The summed E-state index contributed by atoms with van der Waals surface area (Å²) in [6, 6.07) is 7.60. The predicted octanol–water partition coefficient (Wildman–Crippen LogP) is 3.40. The Kier molecular flexibility index (Phi) is 4.65.